The number of pyridine rings is 2. The fourth-order valence-corrected chi connectivity index (χ4v) is 11.2. The number of hydrogen-bond donors (Lipinski definition) is 1. The average molecular weight is 1050 g/mol. The number of ketones is 2. The van der Waals surface area contributed by atoms with Gasteiger partial charge in [-0.1, -0.05) is 105 Å². The zero-order valence-corrected chi connectivity index (χ0v) is 45.9. The molecule has 2 aliphatic heterocycles. The van der Waals surface area contributed by atoms with Crippen molar-refractivity contribution in [1.82, 2.24) is 9.97 Å². The van der Waals surface area contributed by atoms with E-state index in [1.807, 2.05) is 0 Å². The Balaban J connectivity index is 0.000000278. The van der Waals surface area contributed by atoms with Crippen molar-refractivity contribution >= 4 is 41.4 Å². The molecule has 6 rings (SSSR count). The second kappa shape index (κ2) is 29.6. The van der Waals surface area contributed by atoms with Gasteiger partial charge >= 0.3 is 29.8 Å². The summed E-state index contributed by atoms with van der Waals surface area (Å²) in [6.07, 6.45) is 17.8. The molecule has 2 aliphatic carbocycles. The Kier molecular flexibility index (Phi) is 23.8. The first-order valence-electron chi connectivity index (χ1n) is 27.6. The number of esters is 5. The molecule has 0 spiro atoms. The van der Waals surface area contributed by atoms with Gasteiger partial charge in [-0.2, -0.15) is 0 Å². The van der Waals surface area contributed by atoms with Crippen molar-refractivity contribution in [2.45, 2.75) is 201 Å². The van der Waals surface area contributed by atoms with E-state index in [4.69, 9.17) is 33.2 Å². The van der Waals surface area contributed by atoms with Gasteiger partial charge in [0.15, 0.2) is 40.2 Å². The number of carbonyl (C=O) groups is 7. The van der Waals surface area contributed by atoms with E-state index < -0.39 is 65.7 Å². The van der Waals surface area contributed by atoms with Gasteiger partial charge in [-0.25, -0.2) is 9.97 Å². The number of aromatic hydroxyl groups is 1. The lowest BCUT2D eigenvalue weighted by Crippen LogP contribution is -2.42. The minimum Gasteiger partial charge on any atom is -0.503 e. The fourth-order valence-electron chi connectivity index (χ4n) is 11.2. The summed E-state index contributed by atoms with van der Waals surface area (Å²) in [5.74, 6) is -3.57. The van der Waals surface area contributed by atoms with Gasteiger partial charge in [-0.3, -0.25) is 33.6 Å². The second-order valence-electron chi connectivity index (χ2n) is 21.9. The van der Waals surface area contributed by atoms with Crippen LogP contribution >= 0.6 is 0 Å². The highest BCUT2D eigenvalue weighted by Crippen LogP contribution is 2.40. The summed E-state index contributed by atoms with van der Waals surface area (Å²) in [6, 6.07) is 2.96. The summed E-state index contributed by atoms with van der Waals surface area (Å²) in [7, 11) is 2.80. The third kappa shape index (κ3) is 17.7. The molecule has 4 aliphatic rings. The molecule has 2 aromatic heterocycles. The van der Waals surface area contributed by atoms with E-state index in [0.717, 1.165) is 51.4 Å². The average Bonchev–Trinajstić information content (AvgIpc) is 4.10. The predicted molar refractivity (Wildman–Crippen MR) is 277 cm³/mol. The molecular formula is C58H84N2O15. The van der Waals surface area contributed by atoms with Gasteiger partial charge in [-0.05, 0) is 76.0 Å². The number of nitrogens with zero attached hydrogens (tertiary/aromatic N) is 2. The number of cyclic esters (lactones) is 2. The quantitative estimate of drug-likeness (QED) is 0.0882. The van der Waals surface area contributed by atoms with E-state index in [0.29, 0.717) is 24.7 Å². The highest BCUT2D eigenvalue weighted by molar-refractivity contribution is 6.00. The van der Waals surface area contributed by atoms with Crippen LogP contribution in [0.4, 0.5) is 0 Å². The lowest BCUT2D eigenvalue weighted by atomic mass is 9.82. The molecule has 75 heavy (non-hydrogen) atoms. The van der Waals surface area contributed by atoms with Crippen LogP contribution in [0.1, 0.15) is 198 Å². The van der Waals surface area contributed by atoms with Crippen LogP contribution in [0, 0.1) is 47.3 Å². The van der Waals surface area contributed by atoms with Crippen molar-refractivity contribution in [2.75, 3.05) is 14.2 Å². The van der Waals surface area contributed by atoms with Gasteiger partial charge in [0, 0.05) is 44.3 Å². The zero-order valence-electron chi connectivity index (χ0n) is 45.9. The number of Topliss-reactive ketones (excluding diaryl/α,β-unsaturated/α-hetero) is 2. The van der Waals surface area contributed by atoms with E-state index in [9.17, 15) is 38.7 Å². The van der Waals surface area contributed by atoms with Crippen molar-refractivity contribution < 1.29 is 71.8 Å². The normalized spacial score (nSPS) is 25.2. The summed E-state index contributed by atoms with van der Waals surface area (Å²) >= 11 is 0. The van der Waals surface area contributed by atoms with E-state index in [-0.39, 0.29) is 82.8 Å². The highest BCUT2D eigenvalue weighted by Gasteiger charge is 2.40. The maximum atomic E-state index is 13.4. The second-order valence-corrected chi connectivity index (χ2v) is 21.9. The van der Waals surface area contributed by atoms with Crippen LogP contribution in [0.5, 0.6) is 23.0 Å². The van der Waals surface area contributed by atoms with Crippen LogP contribution in [0.15, 0.2) is 24.5 Å². The first kappa shape index (κ1) is 60.3. The Morgan fingerprint density at radius 3 is 1.40 bits per heavy atom. The molecule has 2 aromatic rings. The number of methoxy groups -OCH3 is 2. The summed E-state index contributed by atoms with van der Waals surface area (Å²) in [4.78, 5) is 97.8. The molecule has 416 valence electrons. The first-order valence-corrected chi connectivity index (χ1v) is 27.6. The lowest BCUT2D eigenvalue weighted by molar-refractivity contribution is -0.177. The molecule has 4 heterocycles. The van der Waals surface area contributed by atoms with Gasteiger partial charge < -0.3 is 38.3 Å². The van der Waals surface area contributed by atoms with Crippen molar-refractivity contribution in [3.8, 4) is 23.0 Å². The first-order chi connectivity index (χ1) is 35.8. The third-order valence-corrected chi connectivity index (χ3v) is 15.4. The Hall–Kier alpha value is -5.61. The fraction of sp³-hybridized carbons (Fsp3) is 0.707. The third-order valence-electron chi connectivity index (χ3n) is 15.4. The minimum atomic E-state index is -0.703. The Bertz CT molecular complexity index is 2230. The number of aromatic nitrogens is 2. The monoisotopic (exact) mass is 1050 g/mol. The lowest BCUT2D eigenvalue weighted by Gasteiger charge is -2.35. The molecule has 8 atom stereocenters. The Labute approximate surface area is 443 Å². The maximum absolute atomic E-state index is 13.4. The number of carbonyl (C=O) groups excluding carboxylic acids is 7. The van der Waals surface area contributed by atoms with Gasteiger partial charge in [0.1, 0.15) is 24.4 Å². The molecule has 0 aromatic carbocycles. The smallest absolute Gasteiger partial charge is 0.309 e. The molecule has 0 amide bonds. The summed E-state index contributed by atoms with van der Waals surface area (Å²) in [5, 5.41) is 10.3. The van der Waals surface area contributed by atoms with E-state index in [1.54, 1.807) is 41.5 Å². The number of hydrogen-bond acceptors (Lipinski definition) is 17. The molecule has 0 unspecified atom stereocenters. The molecule has 17 heteroatoms. The van der Waals surface area contributed by atoms with Crippen LogP contribution in [-0.4, -0.2) is 95.1 Å². The largest absolute Gasteiger partial charge is 0.503 e. The van der Waals surface area contributed by atoms with Crippen molar-refractivity contribution in [3.63, 3.8) is 0 Å². The molecule has 1 N–H and O–H groups in total. The highest BCUT2D eigenvalue weighted by atomic mass is 16.6. The Morgan fingerprint density at radius 1 is 0.600 bits per heavy atom. The van der Waals surface area contributed by atoms with Crippen LogP contribution in [0.2, 0.25) is 0 Å². The summed E-state index contributed by atoms with van der Waals surface area (Å²) < 4.78 is 39.2. The van der Waals surface area contributed by atoms with Gasteiger partial charge in [-0.15, -0.1) is 0 Å². The predicted octanol–water partition coefficient (Wildman–Crippen LogP) is 10.7. The van der Waals surface area contributed by atoms with Crippen molar-refractivity contribution in [3.05, 3.63) is 35.9 Å². The van der Waals surface area contributed by atoms with Crippen LogP contribution in [0.25, 0.3) is 0 Å². The SMILES string of the molecule is COc1ccnc(C(=O)C[C@H]2CCCC[C@H](CC3CCCC3)[C@@H](OC(=O)C(C)C)[C@H](C)OC2=O)c1O.COc1ccnc(C(=O)C[C@H]2CCCC[C@H](CC3CCCC3)[C@@H](OC(=O)C(C)C)[C@H](C)OC2=O)c1OC(C)=O. The molecule has 0 radical (unpaired) electrons. The molecule has 0 bridgehead atoms. The zero-order chi connectivity index (χ0) is 54.8. The topological polar surface area (TPSA) is 230 Å². The molecule has 4 fully saturated rings. The number of rotatable bonds is 17. The standard InChI is InChI=1S/C30H43NO8.C28H41NO7/c1-18(2)29(34)39-27-19(3)37-30(35)23(13-9-8-12-22(27)16-21-10-6-7-11-21)17-24(33)26-28(38-20(4)32)25(36-5)14-15-31-26;1-17(2)27(32)36-26-18(3)35-28(33)21(12-8-7-11-20(26)15-19-9-5-6-10-19)16-22(30)24-25(31)23(34-4)13-14-29-24/h14-15,18-19,21-23,27H,6-13,16-17H2,1-5H3;13-14,17-21,26,31H,5-12,15-16H2,1-4H3/t19-,22+,23+,27-;18-,20+,21+,26-/m00/s1. The van der Waals surface area contributed by atoms with Crippen LogP contribution in [-0.2, 0) is 42.9 Å². The van der Waals surface area contributed by atoms with Gasteiger partial charge in [0.05, 0.1) is 37.9 Å². The minimum absolute atomic E-state index is 0.0606. The van der Waals surface area contributed by atoms with E-state index in [2.05, 4.69) is 9.97 Å². The molecule has 2 saturated heterocycles. The molecule has 2 saturated carbocycles. The number of ether oxygens (including phenoxy) is 7. The Morgan fingerprint density at radius 2 is 0.987 bits per heavy atom. The van der Waals surface area contributed by atoms with Gasteiger partial charge in [0.25, 0.3) is 0 Å². The van der Waals surface area contributed by atoms with Crippen LogP contribution in [0.3, 0.4) is 0 Å². The molecule has 17 nitrogen and oxygen atoms in total. The summed E-state index contributed by atoms with van der Waals surface area (Å²) in [5.41, 5.74) is -0.185. The summed E-state index contributed by atoms with van der Waals surface area (Å²) in [6.45, 7) is 12.0. The van der Waals surface area contributed by atoms with Crippen LogP contribution < -0.4 is 14.2 Å². The maximum Gasteiger partial charge on any atom is 0.309 e. The van der Waals surface area contributed by atoms with E-state index >= 15 is 0 Å². The van der Waals surface area contributed by atoms with Crippen molar-refractivity contribution in [1.29, 1.82) is 0 Å². The molecular weight excluding hydrogens is 965 g/mol. The van der Waals surface area contributed by atoms with Gasteiger partial charge in [0.2, 0.25) is 5.75 Å². The van der Waals surface area contributed by atoms with Crippen molar-refractivity contribution in [2.24, 2.45) is 47.3 Å². The van der Waals surface area contributed by atoms with E-state index in [1.165, 1.54) is 97.0 Å².